The summed E-state index contributed by atoms with van der Waals surface area (Å²) in [6.45, 7) is 6.59. The number of fused-ring (bicyclic) bond motifs is 1. The van der Waals surface area contributed by atoms with Crippen molar-refractivity contribution in [2.45, 2.75) is 39.8 Å². The largest absolute Gasteiger partial charge is 0.471 e. The topological polar surface area (TPSA) is 103 Å². The lowest BCUT2D eigenvalue weighted by atomic mass is 10.0. The van der Waals surface area contributed by atoms with Crippen LogP contribution in [0.4, 0.5) is 0 Å². The molecule has 1 aromatic heterocycles. The molecule has 0 radical (unpaired) electrons. The van der Waals surface area contributed by atoms with Crippen LogP contribution in [0.2, 0.25) is 0 Å². The van der Waals surface area contributed by atoms with E-state index in [0.717, 1.165) is 33.2 Å². The van der Waals surface area contributed by atoms with Gasteiger partial charge in [0.25, 0.3) is 0 Å². The molecule has 7 heteroatoms. The van der Waals surface area contributed by atoms with Gasteiger partial charge in [0.15, 0.2) is 0 Å². The number of benzene rings is 3. The van der Waals surface area contributed by atoms with Gasteiger partial charge in [-0.05, 0) is 61.2 Å². The van der Waals surface area contributed by atoms with Crippen molar-refractivity contribution < 1.29 is 14.3 Å². The molecule has 1 heterocycles. The summed E-state index contributed by atoms with van der Waals surface area (Å²) in [6, 6.07) is 21.6. The van der Waals surface area contributed by atoms with E-state index in [1.54, 1.807) is 6.92 Å². The number of nitrogens with one attached hydrogen (secondary N) is 1. The number of nitrogens with two attached hydrogens (primary N) is 1. The normalized spacial score (nSPS) is 11.1. The molecule has 0 atom stereocenters. The number of hydrogen-bond donors (Lipinski definition) is 2. The first-order chi connectivity index (χ1) is 16.9. The maximum atomic E-state index is 12.0. The lowest BCUT2D eigenvalue weighted by Crippen LogP contribution is -2.10. The molecule has 0 saturated heterocycles. The number of nitrogens with zero attached hydrogens (tertiary/aromatic N) is 2. The van der Waals surface area contributed by atoms with Gasteiger partial charge in [-0.2, -0.15) is 0 Å². The minimum atomic E-state index is -0.257. The highest BCUT2D eigenvalue weighted by Gasteiger charge is 2.16. The molecule has 0 aliphatic heterocycles. The molecule has 0 unspecified atom stereocenters. The Bertz CT molecular complexity index is 1370. The number of carbonyl (C=O) groups excluding carboxylic acids is 1. The Kier molecular flexibility index (Phi) is 7.15. The van der Waals surface area contributed by atoms with Crippen LogP contribution in [0.3, 0.4) is 0 Å². The van der Waals surface area contributed by atoms with Crippen molar-refractivity contribution in [2.24, 2.45) is 5.73 Å². The Hall–Kier alpha value is -4.13. The number of rotatable bonds is 9. The van der Waals surface area contributed by atoms with E-state index in [9.17, 15) is 4.79 Å². The van der Waals surface area contributed by atoms with E-state index >= 15 is 0 Å². The zero-order valence-corrected chi connectivity index (χ0v) is 20.2. The molecule has 0 aliphatic carbocycles. The Morgan fingerprint density at radius 1 is 1.03 bits per heavy atom. The maximum Gasteiger partial charge on any atom is 0.310 e. The fourth-order valence-electron chi connectivity index (χ4n) is 4.04. The van der Waals surface area contributed by atoms with Crippen molar-refractivity contribution in [3.63, 3.8) is 0 Å². The summed E-state index contributed by atoms with van der Waals surface area (Å²) in [4.78, 5) is 12.0. The van der Waals surface area contributed by atoms with E-state index in [4.69, 9.17) is 25.7 Å². The predicted molar refractivity (Wildman–Crippen MR) is 138 cm³/mol. The highest BCUT2D eigenvalue weighted by molar-refractivity contribution is 5.96. The summed E-state index contributed by atoms with van der Waals surface area (Å²) in [5.74, 6) is 0.308. The quantitative estimate of drug-likeness (QED) is 0.197. The summed E-state index contributed by atoms with van der Waals surface area (Å²) in [5, 5.41) is 13.4. The second kappa shape index (κ2) is 10.4. The van der Waals surface area contributed by atoms with E-state index < -0.39 is 0 Å². The SMILES string of the molecule is CCOC(=O)Cc1ccccc1COc1nn(C(C)C)c2ccc(-c3cccc(C(=N)N)c3)cc12. The standard InChI is InChI=1S/C28H30N4O3/c1-4-34-26(33)16-20-8-5-6-9-23(20)17-35-28-24-15-21(12-13-25(24)32(31-28)18(2)3)19-10-7-11-22(14-19)27(29)30/h5-15,18H,4,16-17H2,1-3H3,(H3,29,30). The van der Waals surface area contributed by atoms with Gasteiger partial charge in [-0.15, -0.1) is 5.10 Å². The van der Waals surface area contributed by atoms with E-state index in [1.807, 2.05) is 65.3 Å². The van der Waals surface area contributed by atoms with Crippen LogP contribution in [0.15, 0.2) is 66.7 Å². The van der Waals surface area contributed by atoms with Crippen molar-refractivity contribution in [1.82, 2.24) is 9.78 Å². The van der Waals surface area contributed by atoms with Gasteiger partial charge in [0.1, 0.15) is 12.4 Å². The smallest absolute Gasteiger partial charge is 0.310 e. The van der Waals surface area contributed by atoms with E-state index in [1.165, 1.54) is 0 Å². The van der Waals surface area contributed by atoms with Gasteiger partial charge in [-0.1, -0.05) is 48.5 Å². The molecular weight excluding hydrogens is 440 g/mol. The Labute approximate surface area is 205 Å². The number of nitrogen functional groups attached to an aromatic ring is 1. The molecule has 180 valence electrons. The third-order valence-corrected chi connectivity index (χ3v) is 5.79. The number of ether oxygens (including phenoxy) is 2. The van der Waals surface area contributed by atoms with Crippen LogP contribution in [0.1, 0.15) is 43.5 Å². The molecular formula is C28H30N4O3. The molecule has 0 saturated carbocycles. The first-order valence-corrected chi connectivity index (χ1v) is 11.7. The van der Waals surface area contributed by atoms with Crippen LogP contribution >= 0.6 is 0 Å². The molecule has 0 aliphatic rings. The Morgan fingerprint density at radius 2 is 1.77 bits per heavy atom. The molecule has 0 spiro atoms. The summed E-state index contributed by atoms with van der Waals surface area (Å²) < 4.78 is 13.3. The number of aromatic nitrogens is 2. The van der Waals surface area contributed by atoms with Gasteiger partial charge >= 0.3 is 5.97 Å². The zero-order valence-electron chi connectivity index (χ0n) is 20.2. The van der Waals surface area contributed by atoms with Crippen LogP contribution in [-0.4, -0.2) is 28.2 Å². The van der Waals surface area contributed by atoms with Crippen LogP contribution in [0.25, 0.3) is 22.0 Å². The molecule has 3 N–H and O–H groups in total. The molecule has 0 amide bonds. The van der Waals surface area contributed by atoms with Gasteiger partial charge in [-0.25, -0.2) is 0 Å². The van der Waals surface area contributed by atoms with Crippen LogP contribution in [0, 0.1) is 5.41 Å². The average molecular weight is 471 g/mol. The first kappa shape index (κ1) is 24.0. The number of hydrogen-bond acceptors (Lipinski definition) is 5. The molecule has 4 rings (SSSR count). The number of carbonyl (C=O) groups is 1. The van der Waals surface area contributed by atoms with Crippen molar-refractivity contribution in [1.29, 1.82) is 5.41 Å². The van der Waals surface area contributed by atoms with Crippen molar-refractivity contribution in [3.8, 4) is 17.0 Å². The van der Waals surface area contributed by atoms with E-state index in [-0.39, 0.29) is 30.9 Å². The summed E-state index contributed by atoms with van der Waals surface area (Å²) in [6.07, 6.45) is 0.200. The van der Waals surface area contributed by atoms with Gasteiger partial charge in [0.05, 0.1) is 23.9 Å². The summed E-state index contributed by atoms with van der Waals surface area (Å²) in [5.41, 5.74) is 11.1. The third kappa shape index (κ3) is 5.35. The Balaban J connectivity index is 1.68. The number of amidine groups is 1. The maximum absolute atomic E-state index is 12.0. The highest BCUT2D eigenvalue weighted by Crippen LogP contribution is 2.32. The summed E-state index contributed by atoms with van der Waals surface area (Å²) >= 11 is 0. The van der Waals surface area contributed by atoms with Crippen LogP contribution in [0.5, 0.6) is 5.88 Å². The van der Waals surface area contributed by atoms with E-state index in [0.29, 0.717) is 18.1 Å². The molecule has 0 fully saturated rings. The Morgan fingerprint density at radius 3 is 2.49 bits per heavy atom. The predicted octanol–water partition coefficient (Wildman–Crippen LogP) is 5.25. The highest BCUT2D eigenvalue weighted by atomic mass is 16.5. The zero-order chi connectivity index (χ0) is 24.9. The minimum absolute atomic E-state index is 0.0334. The van der Waals surface area contributed by atoms with Crippen LogP contribution < -0.4 is 10.5 Å². The lowest BCUT2D eigenvalue weighted by molar-refractivity contribution is -0.142. The van der Waals surface area contributed by atoms with Gasteiger partial charge in [0.2, 0.25) is 5.88 Å². The fraction of sp³-hybridized carbons (Fsp3) is 0.250. The first-order valence-electron chi connectivity index (χ1n) is 11.7. The summed E-state index contributed by atoms with van der Waals surface area (Å²) in [7, 11) is 0. The molecule has 0 bridgehead atoms. The van der Waals surface area contributed by atoms with E-state index in [2.05, 4.69) is 19.9 Å². The fourth-order valence-corrected chi connectivity index (χ4v) is 4.04. The van der Waals surface area contributed by atoms with Gasteiger partial charge in [0, 0.05) is 11.6 Å². The van der Waals surface area contributed by atoms with Gasteiger partial charge < -0.3 is 15.2 Å². The molecule has 35 heavy (non-hydrogen) atoms. The minimum Gasteiger partial charge on any atom is -0.471 e. The van der Waals surface area contributed by atoms with Crippen molar-refractivity contribution in [3.05, 3.63) is 83.4 Å². The third-order valence-electron chi connectivity index (χ3n) is 5.79. The van der Waals surface area contributed by atoms with Crippen molar-refractivity contribution >= 4 is 22.7 Å². The monoisotopic (exact) mass is 470 g/mol. The molecule has 4 aromatic rings. The van der Waals surface area contributed by atoms with Crippen LogP contribution in [-0.2, 0) is 22.6 Å². The average Bonchev–Trinajstić information content (AvgIpc) is 3.22. The second-order valence-corrected chi connectivity index (χ2v) is 8.61. The van der Waals surface area contributed by atoms with Crippen molar-refractivity contribution in [2.75, 3.05) is 6.61 Å². The van der Waals surface area contributed by atoms with Gasteiger partial charge in [-0.3, -0.25) is 14.9 Å². The molecule has 3 aromatic carbocycles. The number of esters is 1. The second-order valence-electron chi connectivity index (χ2n) is 8.61. The lowest BCUT2D eigenvalue weighted by Gasteiger charge is -2.10. The molecule has 7 nitrogen and oxygen atoms in total.